The molecule has 2 heterocycles. The predicted molar refractivity (Wildman–Crippen MR) is 98.3 cm³/mol. The number of urea groups is 1. The van der Waals surface area contributed by atoms with Crippen LogP contribution in [-0.4, -0.2) is 47.8 Å². The highest BCUT2D eigenvalue weighted by Crippen LogP contribution is 2.24. The molecule has 26 heavy (non-hydrogen) atoms. The lowest BCUT2D eigenvalue weighted by Gasteiger charge is -2.33. The summed E-state index contributed by atoms with van der Waals surface area (Å²) in [6.45, 7) is 2.86. The number of ether oxygens (including phenoxy) is 2. The molecular weight excluding hydrogens is 332 g/mol. The van der Waals surface area contributed by atoms with Crippen LogP contribution in [0.2, 0.25) is 0 Å². The minimum atomic E-state index is -0.0368. The van der Waals surface area contributed by atoms with Gasteiger partial charge < -0.3 is 24.3 Å². The van der Waals surface area contributed by atoms with Gasteiger partial charge in [-0.2, -0.15) is 0 Å². The SMILES string of the molecule is COc1ccc(OC)c(CNC(=O)N2CCCC(Cn3ccnc3)C2)c1. The van der Waals surface area contributed by atoms with E-state index in [4.69, 9.17) is 9.47 Å². The molecular formula is C19H26N4O3. The number of amides is 2. The zero-order chi connectivity index (χ0) is 18.4. The lowest BCUT2D eigenvalue weighted by atomic mass is 9.98. The van der Waals surface area contributed by atoms with Gasteiger partial charge in [0.05, 0.1) is 20.5 Å². The van der Waals surface area contributed by atoms with Crippen LogP contribution in [0.4, 0.5) is 4.79 Å². The molecule has 2 amide bonds. The molecule has 3 rings (SSSR count). The van der Waals surface area contributed by atoms with Gasteiger partial charge in [0.2, 0.25) is 0 Å². The van der Waals surface area contributed by atoms with Crippen LogP contribution >= 0.6 is 0 Å². The maximum atomic E-state index is 12.6. The maximum absolute atomic E-state index is 12.6. The second-order valence-corrected chi connectivity index (χ2v) is 6.55. The zero-order valence-corrected chi connectivity index (χ0v) is 15.4. The van der Waals surface area contributed by atoms with Gasteiger partial charge in [-0.05, 0) is 37.0 Å². The van der Waals surface area contributed by atoms with Crippen molar-refractivity contribution in [1.29, 1.82) is 0 Å². The molecule has 1 aliphatic rings. The third kappa shape index (κ3) is 4.47. The highest BCUT2D eigenvalue weighted by Gasteiger charge is 2.24. The molecule has 1 unspecified atom stereocenters. The van der Waals surface area contributed by atoms with Crippen molar-refractivity contribution in [2.45, 2.75) is 25.9 Å². The number of hydrogen-bond donors (Lipinski definition) is 1. The van der Waals surface area contributed by atoms with Gasteiger partial charge in [0.25, 0.3) is 0 Å². The Bertz CT molecular complexity index is 718. The first-order valence-corrected chi connectivity index (χ1v) is 8.89. The van der Waals surface area contributed by atoms with E-state index in [0.717, 1.165) is 49.5 Å². The summed E-state index contributed by atoms with van der Waals surface area (Å²) in [5.74, 6) is 1.94. The third-order valence-electron chi connectivity index (χ3n) is 4.75. The van der Waals surface area contributed by atoms with Crippen molar-refractivity contribution in [3.8, 4) is 11.5 Å². The Labute approximate surface area is 153 Å². The number of hydrogen-bond acceptors (Lipinski definition) is 4. The summed E-state index contributed by atoms with van der Waals surface area (Å²) >= 11 is 0. The summed E-state index contributed by atoms with van der Waals surface area (Å²) in [4.78, 5) is 18.6. The molecule has 140 valence electrons. The monoisotopic (exact) mass is 358 g/mol. The second kappa shape index (κ2) is 8.60. The molecule has 1 fully saturated rings. The first kappa shape index (κ1) is 18.1. The molecule has 0 spiro atoms. The van der Waals surface area contributed by atoms with Crippen molar-refractivity contribution < 1.29 is 14.3 Å². The fraction of sp³-hybridized carbons (Fsp3) is 0.474. The first-order valence-electron chi connectivity index (χ1n) is 8.89. The van der Waals surface area contributed by atoms with Crippen LogP contribution in [0.25, 0.3) is 0 Å². The van der Waals surface area contributed by atoms with Crippen molar-refractivity contribution in [3.63, 3.8) is 0 Å². The lowest BCUT2D eigenvalue weighted by Crippen LogP contribution is -2.46. The summed E-state index contributed by atoms with van der Waals surface area (Å²) in [7, 11) is 3.25. The molecule has 1 aromatic heterocycles. The number of carbonyl (C=O) groups excluding carboxylic acids is 1. The molecule has 1 atom stereocenters. The number of rotatable bonds is 6. The first-order chi connectivity index (χ1) is 12.7. The molecule has 0 saturated carbocycles. The van der Waals surface area contributed by atoms with Gasteiger partial charge in [-0.15, -0.1) is 0 Å². The Balaban J connectivity index is 1.56. The smallest absolute Gasteiger partial charge is 0.317 e. The van der Waals surface area contributed by atoms with E-state index in [2.05, 4.69) is 14.9 Å². The van der Waals surface area contributed by atoms with E-state index in [1.54, 1.807) is 20.4 Å². The van der Waals surface area contributed by atoms with Crippen molar-refractivity contribution >= 4 is 6.03 Å². The van der Waals surface area contributed by atoms with Crippen LogP contribution in [-0.2, 0) is 13.1 Å². The Morgan fingerprint density at radius 1 is 1.35 bits per heavy atom. The minimum absolute atomic E-state index is 0.0368. The van der Waals surface area contributed by atoms with Gasteiger partial charge >= 0.3 is 6.03 Å². The molecule has 0 bridgehead atoms. The molecule has 1 N–H and O–H groups in total. The second-order valence-electron chi connectivity index (χ2n) is 6.55. The van der Waals surface area contributed by atoms with E-state index in [1.807, 2.05) is 35.6 Å². The number of aromatic nitrogens is 2. The topological polar surface area (TPSA) is 68.6 Å². The van der Waals surface area contributed by atoms with Crippen molar-refractivity contribution in [2.75, 3.05) is 27.3 Å². The van der Waals surface area contributed by atoms with Crippen LogP contribution < -0.4 is 14.8 Å². The minimum Gasteiger partial charge on any atom is -0.497 e. The molecule has 2 aromatic rings. The number of benzene rings is 1. The lowest BCUT2D eigenvalue weighted by molar-refractivity contribution is 0.159. The van der Waals surface area contributed by atoms with E-state index in [9.17, 15) is 4.79 Å². The number of methoxy groups -OCH3 is 2. The average molecular weight is 358 g/mol. The zero-order valence-electron chi connectivity index (χ0n) is 15.4. The number of nitrogens with one attached hydrogen (secondary N) is 1. The molecule has 1 saturated heterocycles. The predicted octanol–water partition coefficient (Wildman–Crippen LogP) is 2.52. The largest absolute Gasteiger partial charge is 0.497 e. The van der Waals surface area contributed by atoms with Crippen LogP contribution in [0.1, 0.15) is 18.4 Å². The third-order valence-corrected chi connectivity index (χ3v) is 4.75. The molecule has 0 aliphatic carbocycles. The van der Waals surface area contributed by atoms with Gasteiger partial charge in [0.15, 0.2) is 0 Å². The number of nitrogens with zero attached hydrogens (tertiary/aromatic N) is 3. The molecule has 1 aliphatic heterocycles. The quantitative estimate of drug-likeness (QED) is 0.862. The van der Waals surface area contributed by atoms with Crippen LogP contribution in [0.5, 0.6) is 11.5 Å². The summed E-state index contributed by atoms with van der Waals surface area (Å²) in [5, 5.41) is 3.01. The number of imidazole rings is 1. The maximum Gasteiger partial charge on any atom is 0.317 e. The fourth-order valence-corrected chi connectivity index (χ4v) is 3.39. The number of carbonyl (C=O) groups is 1. The van der Waals surface area contributed by atoms with Crippen LogP contribution in [0, 0.1) is 5.92 Å². The molecule has 0 radical (unpaired) electrons. The van der Waals surface area contributed by atoms with E-state index in [0.29, 0.717) is 12.5 Å². The van der Waals surface area contributed by atoms with E-state index < -0.39 is 0 Å². The van der Waals surface area contributed by atoms with Gasteiger partial charge in [0.1, 0.15) is 11.5 Å². The normalized spacial score (nSPS) is 17.0. The summed E-state index contributed by atoms with van der Waals surface area (Å²) in [5.41, 5.74) is 0.896. The molecule has 7 heteroatoms. The van der Waals surface area contributed by atoms with E-state index >= 15 is 0 Å². The van der Waals surface area contributed by atoms with Crippen molar-refractivity contribution in [1.82, 2.24) is 19.8 Å². The summed E-state index contributed by atoms with van der Waals surface area (Å²) in [6, 6.07) is 5.54. The fourth-order valence-electron chi connectivity index (χ4n) is 3.39. The number of piperidine rings is 1. The van der Waals surface area contributed by atoms with Crippen LogP contribution in [0.3, 0.4) is 0 Å². The van der Waals surface area contributed by atoms with Gasteiger partial charge in [0, 0.05) is 44.1 Å². The van der Waals surface area contributed by atoms with Crippen molar-refractivity contribution in [3.05, 3.63) is 42.5 Å². The van der Waals surface area contributed by atoms with E-state index in [-0.39, 0.29) is 6.03 Å². The summed E-state index contributed by atoms with van der Waals surface area (Å²) in [6.07, 6.45) is 7.73. The molecule has 7 nitrogen and oxygen atoms in total. The number of likely N-dealkylation sites (tertiary alicyclic amines) is 1. The Hall–Kier alpha value is -2.70. The van der Waals surface area contributed by atoms with Gasteiger partial charge in [-0.25, -0.2) is 9.78 Å². The highest BCUT2D eigenvalue weighted by molar-refractivity contribution is 5.74. The van der Waals surface area contributed by atoms with Crippen molar-refractivity contribution in [2.24, 2.45) is 5.92 Å². The average Bonchev–Trinajstić information content (AvgIpc) is 3.19. The van der Waals surface area contributed by atoms with Gasteiger partial charge in [-0.1, -0.05) is 0 Å². The molecule has 1 aromatic carbocycles. The van der Waals surface area contributed by atoms with Gasteiger partial charge in [-0.3, -0.25) is 0 Å². The Kier molecular flexibility index (Phi) is 5.99. The van der Waals surface area contributed by atoms with Crippen LogP contribution in [0.15, 0.2) is 36.9 Å². The Morgan fingerprint density at radius 2 is 2.23 bits per heavy atom. The Morgan fingerprint density at radius 3 is 2.96 bits per heavy atom. The summed E-state index contributed by atoms with van der Waals surface area (Å²) < 4.78 is 12.7. The standard InChI is InChI=1S/C19H26N4O3/c1-25-17-5-6-18(26-2)16(10-17)11-21-19(24)23-8-3-4-15(13-23)12-22-9-7-20-14-22/h5-7,9-10,14-15H,3-4,8,11-13H2,1-2H3,(H,21,24). The van der Waals surface area contributed by atoms with E-state index in [1.165, 1.54) is 0 Å². The highest BCUT2D eigenvalue weighted by atomic mass is 16.5.